The minimum absolute atomic E-state index is 0.00906. The van der Waals surface area contributed by atoms with Crippen LogP contribution >= 0.6 is 0 Å². The van der Waals surface area contributed by atoms with Crippen LogP contribution in [0.25, 0.3) is 0 Å². The first-order chi connectivity index (χ1) is 12.8. The summed E-state index contributed by atoms with van der Waals surface area (Å²) in [5.41, 5.74) is 6.80. The van der Waals surface area contributed by atoms with Crippen molar-refractivity contribution >= 4 is 17.3 Å². The molecule has 2 heterocycles. The number of hydrogen-bond acceptors (Lipinski definition) is 3. The van der Waals surface area contributed by atoms with Gasteiger partial charge in [0.15, 0.2) is 5.78 Å². The molecule has 0 bridgehead atoms. The van der Waals surface area contributed by atoms with Gasteiger partial charge in [0, 0.05) is 16.9 Å². The van der Waals surface area contributed by atoms with E-state index in [0.717, 1.165) is 37.4 Å². The summed E-state index contributed by atoms with van der Waals surface area (Å²) < 4.78 is 0. The number of Topliss-reactive ketones (excluding diaryl/α,β-unsaturated/α-hetero) is 2. The van der Waals surface area contributed by atoms with Crippen molar-refractivity contribution in [3.63, 3.8) is 0 Å². The Morgan fingerprint density at radius 2 is 1.74 bits per heavy atom. The molecule has 5 nitrogen and oxygen atoms in total. The van der Waals surface area contributed by atoms with Crippen LogP contribution in [0.4, 0.5) is 5.69 Å². The summed E-state index contributed by atoms with van der Waals surface area (Å²) in [5.74, 6) is 0.105. The fourth-order valence-corrected chi connectivity index (χ4v) is 4.19. The molecule has 1 saturated heterocycles. The Morgan fingerprint density at radius 1 is 1.07 bits per heavy atom. The molecule has 0 aliphatic carbocycles. The molecule has 1 fully saturated rings. The number of rotatable bonds is 5. The Morgan fingerprint density at radius 3 is 2.33 bits per heavy atom. The van der Waals surface area contributed by atoms with Gasteiger partial charge in [0.25, 0.3) is 0 Å². The Bertz CT molecular complexity index is 874. The summed E-state index contributed by atoms with van der Waals surface area (Å²) in [5, 5.41) is 0. The SMILES string of the molecule is CC(=O)c1c(C)[nH]c(C(=O)C[NH+]2CCN(c3cccc(C)c3C)CC2)c1C. The van der Waals surface area contributed by atoms with Gasteiger partial charge >= 0.3 is 0 Å². The van der Waals surface area contributed by atoms with E-state index in [0.29, 0.717) is 17.8 Å². The van der Waals surface area contributed by atoms with E-state index in [1.807, 2.05) is 13.8 Å². The summed E-state index contributed by atoms with van der Waals surface area (Å²) >= 11 is 0. The number of benzene rings is 1. The molecule has 1 aliphatic heterocycles. The predicted molar refractivity (Wildman–Crippen MR) is 108 cm³/mol. The summed E-state index contributed by atoms with van der Waals surface area (Å²) in [7, 11) is 0. The number of quaternary nitrogens is 1. The minimum Gasteiger partial charge on any atom is -0.360 e. The molecule has 0 atom stereocenters. The molecule has 1 aromatic heterocycles. The number of carbonyl (C=O) groups is 2. The number of piperazine rings is 1. The zero-order valence-electron chi connectivity index (χ0n) is 17.0. The average molecular weight is 369 g/mol. The number of anilines is 1. The van der Waals surface area contributed by atoms with Gasteiger partial charge in [0.1, 0.15) is 6.54 Å². The van der Waals surface area contributed by atoms with Crippen molar-refractivity contribution in [2.24, 2.45) is 0 Å². The molecule has 144 valence electrons. The zero-order valence-corrected chi connectivity index (χ0v) is 17.0. The van der Waals surface area contributed by atoms with Gasteiger partial charge in [-0.15, -0.1) is 0 Å². The smallest absolute Gasteiger partial charge is 0.233 e. The number of carbonyl (C=O) groups excluding carboxylic acids is 2. The lowest BCUT2D eigenvalue weighted by atomic mass is 10.0. The highest BCUT2D eigenvalue weighted by molar-refractivity contribution is 6.03. The average Bonchev–Trinajstić information content (AvgIpc) is 2.93. The number of aromatic nitrogens is 1. The van der Waals surface area contributed by atoms with Gasteiger partial charge in [0.05, 0.1) is 31.9 Å². The fraction of sp³-hybridized carbons (Fsp3) is 0.455. The largest absolute Gasteiger partial charge is 0.360 e. The molecule has 1 aromatic carbocycles. The standard InChI is InChI=1S/C22H29N3O2/c1-14-7-6-8-19(15(14)2)25-11-9-24(10-12-25)13-20(27)22-16(3)21(18(5)26)17(4)23-22/h6-8,23H,9-13H2,1-5H3/p+1. The van der Waals surface area contributed by atoms with Crippen LogP contribution in [0.5, 0.6) is 0 Å². The van der Waals surface area contributed by atoms with Gasteiger partial charge in [-0.05, 0) is 57.4 Å². The van der Waals surface area contributed by atoms with Crippen LogP contribution in [0, 0.1) is 27.7 Å². The number of hydrogen-bond donors (Lipinski definition) is 2. The highest BCUT2D eigenvalue weighted by atomic mass is 16.1. The number of aromatic amines is 1. The minimum atomic E-state index is 0.00906. The molecule has 2 N–H and O–H groups in total. The van der Waals surface area contributed by atoms with Crippen LogP contribution in [0.15, 0.2) is 18.2 Å². The molecule has 5 heteroatoms. The van der Waals surface area contributed by atoms with Crippen LogP contribution in [-0.2, 0) is 0 Å². The van der Waals surface area contributed by atoms with Crippen LogP contribution in [0.3, 0.4) is 0 Å². The lowest BCUT2D eigenvalue weighted by Crippen LogP contribution is -3.15. The van der Waals surface area contributed by atoms with Crippen molar-refractivity contribution in [2.75, 3.05) is 37.6 Å². The Balaban J connectivity index is 1.64. The van der Waals surface area contributed by atoms with Gasteiger partial charge in [-0.25, -0.2) is 0 Å². The molecule has 0 spiro atoms. The molecular weight excluding hydrogens is 338 g/mol. The van der Waals surface area contributed by atoms with Crippen molar-refractivity contribution in [1.29, 1.82) is 0 Å². The third kappa shape index (κ3) is 3.83. The summed E-state index contributed by atoms with van der Waals surface area (Å²) in [6.45, 7) is 13.9. The van der Waals surface area contributed by atoms with E-state index in [-0.39, 0.29) is 11.6 Å². The van der Waals surface area contributed by atoms with Crippen LogP contribution < -0.4 is 9.80 Å². The maximum atomic E-state index is 12.8. The molecular formula is C22H30N3O2+. The van der Waals surface area contributed by atoms with Gasteiger partial charge in [-0.1, -0.05) is 12.1 Å². The lowest BCUT2D eigenvalue weighted by Gasteiger charge is -2.34. The summed E-state index contributed by atoms with van der Waals surface area (Å²) in [6.07, 6.45) is 0. The number of H-pyrrole nitrogens is 1. The molecule has 0 amide bonds. The van der Waals surface area contributed by atoms with E-state index >= 15 is 0 Å². The maximum absolute atomic E-state index is 12.8. The molecule has 0 radical (unpaired) electrons. The summed E-state index contributed by atoms with van der Waals surface area (Å²) in [4.78, 5) is 31.5. The topological polar surface area (TPSA) is 57.6 Å². The van der Waals surface area contributed by atoms with Gasteiger partial charge in [0.2, 0.25) is 5.78 Å². The lowest BCUT2D eigenvalue weighted by molar-refractivity contribution is -0.892. The van der Waals surface area contributed by atoms with E-state index in [9.17, 15) is 9.59 Å². The number of aryl methyl sites for hydroxylation is 2. The van der Waals surface area contributed by atoms with E-state index in [1.54, 1.807) is 6.92 Å². The molecule has 2 aromatic rings. The molecule has 3 rings (SSSR count). The first-order valence-electron chi connectivity index (χ1n) is 9.67. The Hall–Kier alpha value is -2.40. The highest BCUT2D eigenvalue weighted by Gasteiger charge is 2.26. The molecule has 0 saturated carbocycles. The van der Waals surface area contributed by atoms with E-state index in [1.165, 1.54) is 21.7 Å². The number of nitrogens with one attached hydrogen (secondary N) is 2. The number of ketones is 2. The van der Waals surface area contributed by atoms with Crippen molar-refractivity contribution < 1.29 is 14.5 Å². The van der Waals surface area contributed by atoms with E-state index < -0.39 is 0 Å². The van der Waals surface area contributed by atoms with E-state index in [4.69, 9.17) is 0 Å². The monoisotopic (exact) mass is 368 g/mol. The van der Waals surface area contributed by atoms with Crippen molar-refractivity contribution in [3.8, 4) is 0 Å². The normalized spacial score (nSPS) is 15.2. The number of nitrogens with zero attached hydrogens (tertiary/aromatic N) is 1. The molecule has 27 heavy (non-hydrogen) atoms. The first-order valence-corrected chi connectivity index (χ1v) is 9.67. The van der Waals surface area contributed by atoms with Crippen LogP contribution in [0.2, 0.25) is 0 Å². The third-order valence-electron chi connectivity index (χ3n) is 5.87. The Kier molecular flexibility index (Phi) is 5.51. The van der Waals surface area contributed by atoms with E-state index in [2.05, 4.69) is 41.9 Å². The predicted octanol–water partition coefficient (Wildman–Crippen LogP) is 2.04. The second-order valence-electron chi connectivity index (χ2n) is 7.74. The molecule has 0 unspecified atom stereocenters. The quantitative estimate of drug-likeness (QED) is 0.794. The van der Waals surface area contributed by atoms with Crippen molar-refractivity contribution in [2.45, 2.75) is 34.6 Å². The third-order valence-corrected chi connectivity index (χ3v) is 5.87. The Labute approximate surface area is 161 Å². The highest BCUT2D eigenvalue weighted by Crippen LogP contribution is 2.22. The zero-order chi connectivity index (χ0) is 19.7. The molecule has 1 aliphatic rings. The first kappa shape index (κ1) is 19.4. The van der Waals surface area contributed by atoms with Gasteiger partial charge in [-0.3, -0.25) is 9.59 Å². The van der Waals surface area contributed by atoms with Gasteiger partial charge < -0.3 is 14.8 Å². The van der Waals surface area contributed by atoms with Crippen LogP contribution in [-0.4, -0.2) is 49.3 Å². The van der Waals surface area contributed by atoms with Crippen molar-refractivity contribution in [1.82, 2.24) is 4.98 Å². The maximum Gasteiger partial charge on any atom is 0.233 e. The summed E-state index contributed by atoms with van der Waals surface area (Å²) in [6, 6.07) is 6.45. The fourth-order valence-electron chi connectivity index (χ4n) is 4.19. The van der Waals surface area contributed by atoms with Crippen LogP contribution in [0.1, 0.15) is 50.2 Å². The second-order valence-corrected chi connectivity index (χ2v) is 7.74. The second kappa shape index (κ2) is 7.69. The van der Waals surface area contributed by atoms with Crippen molar-refractivity contribution in [3.05, 3.63) is 51.8 Å². The van der Waals surface area contributed by atoms with Gasteiger partial charge in [-0.2, -0.15) is 0 Å².